The summed E-state index contributed by atoms with van der Waals surface area (Å²) >= 11 is 1.79. The maximum Gasteiger partial charge on any atom is 0.138 e. The molecule has 1 aliphatic rings. The zero-order valence-corrected chi connectivity index (χ0v) is 13.9. The monoisotopic (exact) mass is 325 g/mol. The number of nitrogens with zero attached hydrogens (tertiary/aromatic N) is 2. The highest BCUT2D eigenvalue weighted by Crippen LogP contribution is 2.39. The van der Waals surface area contributed by atoms with Crippen molar-refractivity contribution in [3.8, 4) is 0 Å². The zero-order chi connectivity index (χ0) is 15.8. The Morgan fingerprint density at radius 1 is 1.22 bits per heavy atom. The van der Waals surface area contributed by atoms with E-state index in [2.05, 4.69) is 15.3 Å². The quantitative estimate of drug-likeness (QED) is 0.769. The van der Waals surface area contributed by atoms with Crippen LogP contribution >= 0.6 is 11.3 Å². The lowest BCUT2D eigenvalue weighted by molar-refractivity contribution is 0.191. The fourth-order valence-electron chi connectivity index (χ4n) is 3.22. The highest BCUT2D eigenvalue weighted by molar-refractivity contribution is 7.19. The Labute approximate surface area is 139 Å². The summed E-state index contributed by atoms with van der Waals surface area (Å²) in [4.78, 5) is 11.7. The van der Waals surface area contributed by atoms with Crippen LogP contribution in [-0.4, -0.2) is 21.6 Å². The average Bonchev–Trinajstić information content (AvgIpc) is 3.13. The standard InChI is InChI=1S/C18H19N3OS/c1-11-20-17(19-10-14(22)12-6-3-2-4-7-12)16-13-8-5-9-15(13)23-18(16)21-11/h2-4,6-7,14,22H,5,8-10H2,1H3,(H,19,20,21)/t14-/m0/s1. The Hall–Kier alpha value is -1.98. The Morgan fingerprint density at radius 3 is 2.87 bits per heavy atom. The van der Waals surface area contributed by atoms with E-state index in [4.69, 9.17) is 0 Å². The molecule has 2 N–H and O–H groups in total. The lowest BCUT2D eigenvalue weighted by atomic mass is 10.1. The number of thiophene rings is 1. The molecule has 0 saturated carbocycles. The van der Waals surface area contributed by atoms with Crippen molar-refractivity contribution in [1.29, 1.82) is 0 Å². The molecule has 0 amide bonds. The summed E-state index contributed by atoms with van der Waals surface area (Å²) in [6.45, 7) is 2.36. The molecule has 23 heavy (non-hydrogen) atoms. The van der Waals surface area contributed by atoms with Gasteiger partial charge in [0.15, 0.2) is 0 Å². The molecule has 0 spiro atoms. The minimum Gasteiger partial charge on any atom is -0.387 e. The van der Waals surface area contributed by atoms with E-state index in [1.807, 2.05) is 37.3 Å². The second kappa shape index (κ2) is 5.91. The van der Waals surface area contributed by atoms with Crippen LogP contribution in [-0.2, 0) is 12.8 Å². The van der Waals surface area contributed by atoms with Gasteiger partial charge in [0.05, 0.1) is 11.5 Å². The number of aliphatic hydroxyl groups excluding tert-OH is 1. The van der Waals surface area contributed by atoms with Crippen molar-refractivity contribution < 1.29 is 5.11 Å². The van der Waals surface area contributed by atoms with Crippen LogP contribution in [0.1, 0.15) is 34.4 Å². The predicted molar refractivity (Wildman–Crippen MR) is 94.1 cm³/mol. The van der Waals surface area contributed by atoms with Gasteiger partial charge >= 0.3 is 0 Å². The summed E-state index contributed by atoms with van der Waals surface area (Å²) in [5.41, 5.74) is 2.32. The SMILES string of the molecule is Cc1nc(NC[C@H](O)c2ccccc2)c2c3c(sc2n1)CCC3. The van der Waals surface area contributed by atoms with Crippen LogP contribution in [0.5, 0.6) is 0 Å². The third-order valence-electron chi connectivity index (χ3n) is 4.32. The first-order chi connectivity index (χ1) is 11.2. The van der Waals surface area contributed by atoms with Gasteiger partial charge in [-0.15, -0.1) is 11.3 Å². The van der Waals surface area contributed by atoms with E-state index in [1.54, 1.807) is 11.3 Å². The second-order valence-electron chi connectivity index (χ2n) is 5.96. The lowest BCUT2D eigenvalue weighted by Gasteiger charge is -2.14. The normalized spacial score (nSPS) is 14.9. The largest absolute Gasteiger partial charge is 0.387 e. The molecule has 0 unspecified atom stereocenters. The molecule has 3 aromatic rings. The van der Waals surface area contributed by atoms with Gasteiger partial charge in [0, 0.05) is 11.4 Å². The van der Waals surface area contributed by atoms with Crippen molar-refractivity contribution in [2.45, 2.75) is 32.3 Å². The lowest BCUT2D eigenvalue weighted by Crippen LogP contribution is -2.13. The van der Waals surface area contributed by atoms with E-state index in [-0.39, 0.29) is 0 Å². The van der Waals surface area contributed by atoms with Crippen molar-refractivity contribution in [3.05, 3.63) is 52.2 Å². The number of hydrogen-bond acceptors (Lipinski definition) is 5. The summed E-state index contributed by atoms with van der Waals surface area (Å²) in [5, 5.41) is 14.9. The third kappa shape index (κ3) is 2.71. The molecular weight excluding hydrogens is 306 g/mol. The number of hydrogen-bond donors (Lipinski definition) is 2. The first kappa shape index (κ1) is 14.6. The van der Waals surface area contributed by atoms with Gasteiger partial charge in [-0.05, 0) is 37.3 Å². The van der Waals surface area contributed by atoms with Crippen molar-refractivity contribution in [3.63, 3.8) is 0 Å². The van der Waals surface area contributed by atoms with E-state index < -0.39 is 6.10 Å². The van der Waals surface area contributed by atoms with E-state index in [1.165, 1.54) is 16.9 Å². The number of anilines is 1. The fourth-order valence-corrected chi connectivity index (χ4v) is 4.52. The molecule has 5 heteroatoms. The third-order valence-corrected chi connectivity index (χ3v) is 5.51. The van der Waals surface area contributed by atoms with Crippen LogP contribution in [0.3, 0.4) is 0 Å². The predicted octanol–water partition coefficient (Wildman–Crippen LogP) is 3.63. The van der Waals surface area contributed by atoms with E-state index >= 15 is 0 Å². The second-order valence-corrected chi connectivity index (χ2v) is 7.05. The zero-order valence-electron chi connectivity index (χ0n) is 13.0. The molecule has 118 valence electrons. The number of aliphatic hydroxyl groups is 1. The average molecular weight is 325 g/mol. The Morgan fingerprint density at radius 2 is 2.04 bits per heavy atom. The molecule has 2 heterocycles. The van der Waals surface area contributed by atoms with Gasteiger partial charge in [-0.3, -0.25) is 0 Å². The van der Waals surface area contributed by atoms with E-state index in [0.717, 1.165) is 40.3 Å². The van der Waals surface area contributed by atoms with Gasteiger partial charge in [0.2, 0.25) is 0 Å². The topological polar surface area (TPSA) is 58.0 Å². The van der Waals surface area contributed by atoms with Crippen LogP contribution in [0.2, 0.25) is 0 Å². The minimum atomic E-state index is -0.548. The number of fused-ring (bicyclic) bond motifs is 3. The molecule has 0 fully saturated rings. The van der Waals surface area contributed by atoms with Crippen LogP contribution in [0.25, 0.3) is 10.2 Å². The fraction of sp³-hybridized carbons (Fsp3) is 0.333. The van der Waals surface area contributed by atoms with Gasteiger partial charge in [-0.1, -0.05) is 30.3 Å². The Kier molecular flexibility index (Phi) is 3.75. The van der Waals surface area contributed by atoms with Gasteiger partial charge in [-0.25, -0.2) is 9.97 Å². The van der Waals surface area contributed by atoms with Crippen molar-refractivity contribution in [2.24, 2.45) is 0 Å². The summed E-state index contributed by atoms with van der Waals surface area (Å²) in [6, 6.07) is 9.72. The molecule has 0 radical (unpaired) electrons. The van der Waals surface area contributed by atoms with Crippen molar-refractivity contribution >= 4 is 27.4 Å². The number of aryl methyl sites for hydroxylation is 3. The maximum absolute atomic E-state index is 10.4. The highest BCUT2D eigenvalue weighted by atomic mass is 32.1. The number of benzene rings is 1. The molecule has 0 aliphatic heterocycles. The number of nitrogens with one attached hydrogen (secondary N) is 1. The molecule has 1 aliphatic carbocycles. The van der Waals surface area contributed by atoms with Gasteiger partial charge in [0.25, 0.3) is 0 Å². The van der Waals surface area contributed by atoms with Crippen LogP contribution < -0.4 is 5.32 Å². The first-order valence-corrected chi connectivity index (χ1v) is 8.80. The molecule has 4 nitrogen and oxygen atoms in total. The maximum atomic E-state index is 10.4. The van der Waals surface area contributed by atoms with Crippen LogP contribution in [0.15, 0.2) is 30.3 Å². The minimum absolute atomic E-state index is 0.445. The van der Waals surface area contributed by atoms with E-state index in [0.29, 0.717) is 6.54 Å². The van der Waals surface area contributed by atoms with E-state index in [9.17, 15) is 5.11 Å². The molecule has 2 aromatic heterocycles. The van der Waals surface area contributed by atoms with Crippen molar-refractivity contribution in [2.75, 3.05) is 11.9 Å². The molecule has 4 rings (SSSR count). The summed E-state index contributed by atoms with van der Waals surface area (Å²) in [5.74, 6) is 1.64. The molecule has 1 atom stereocenters. The van der Waals surface area contributed by atoms with Gasteiger partial charge < -0.3 is 10.4 Å². The highest BCUT2D eigenvalue weighted by Gasteiger charge is 2.22. The smallest absolute Gasteiger partial charge is 0.138 e. The van der Waals surface area contributed by atoms with Gasteiger partial charge in [0.1, 0.15) is 16.5 Å². The molecular formula is C18H19N3OS. The number of aromatic nitrogens is 2. The van der Waals surface area contributed by atoms with Crippen LogP contribution in [0.4, 0.5) is 5.82 Å². The summed E-state index contributed by atoms with van der Waals surface area (Å²) in [6.07, 6.45) is 2.93. The van der Waals surface area contributed by atoms with Crippen LogP contribution in [0, 0.1) is 6.92 Å². The Bertz CT molecular complexity index is 844. The molecule has 0 saturated heterocycles. The number of rotatable bonds is 4. The van der Waals surface area contributed by atoms with Crippen molar-refractivity contribution in [1.82, 2.24) is 9.97 Å². The molecule has 0 bridgehead atoms. The Balaban J connectivity index is 1.64. The van der Waals surface area contributed by atoms with Gasteiger partial charge in [-0.2, -0.15) is 0 Å². The summed E-state index contributed by atoms with van der Waals surface area (Å²) in [7, 11) is 0. The summed E-state index contributed by atoms with van der Waals surface area (Å²) < 4.78 is 0. The first-order valence-electron chi connectivity index (χ1n) is 7.98. The molecule has 1 aromatic carbocycles.